The van der Waals surface area contributed by atoms with E-state index in [1.165, 1.54) is 38.0 Å². The molecule has 1 aromatic rings. The lowest BCUT2D eigenvalue weighted by atomic mass is 9.89. The van der Waals surface area contributed by atoms with Crippen LogP contribution < -0.4 is 4.90 Å². The van der Waals surface area contributed by atoms with Crippen LogP contribution in [0.1, 0.15) is 46.1 Å². The molecule has 1 aromatic heterocycles. The molecule has 1 fully saturated rings. The van der Waals surface area contributed by atoms with Crippen LogP contribution in [0.2, 0.25) is 0 Å². The van der Waals surface area contributed by atoms with E-state index in [9.17, 15) is 0 Å². The molecular formula is C18H31N3. The van der Waals surface area contributed by atoms with Gasteiger partial charge in [-0.3, -0.25) is 4.90 Å². The van der Waals surface area contributed by atoms with Crippen molar-refractivity contribution in [3.63, 3.8) is 0 Å². The first-order valence-electron chi connectivity index (χ1n) is 8.40. The van der Waals surface area contributed by atoms with Crippen LogP contribution in [-0.2, 0) is 6.42 Å². The second-order valence-electron chi connectivity index (χ2n) is 7.44. The first kappa shape index (κ1) is 16.3. The van der Waals surface area contributed by atoms with E-state index in [2.05, 4.69) is 60.8 Å². The summed E-state index contributed by atoms with van der Waals surface area (Å²) in [6, 6.07) is 4.44. The fraction of sp³-hybridized carbons (Fsp3) is 0.722. The fourth-order valence-electron chi connectivity index (χ4n) is 2.90. The molecule has 0 radical (unpaired) electrons. The lowest BCUT2D eigenvalue weighted by Gasteiger charge is -2.35. The summed E-state index contributed by atoms with van der Waals surface area (Å²) in [7, 11) is 0. The normalized spacial score (nSPS) is 17.2. The van der Waals surface area contributed by atoms with E-state index in [0.717, 1.165) is 25.3 Å². The Labute approximate surface area is 130 Å². The average molecular weight is 289 g/mol. The van der Waals surface area contributed by atoms with E-state index >= 15 is 0 Å². The minimum absolute atomic E-state index is 0.327. The molecule has 1 aliphatic heterocycles. The second-order valence-corrected chi connectivity index (χ2v) is 7.44. The Balaban J connectivity index is 1.86. The van der Waals surface area contributed by atoms with E-state index in [-0.39, 0.29) is 0 Å². The summed E-state index contributed by atoms with van der Waals surface area (Å²) in [5.41, 5.74) is 1.67. The molecule has 2 heterocycles. The van der Waals surface area contributed by atoms with Crippen LogP contribution in [0.25, 0.3) is 0 Å². The van der Waals surface area contributed by atoms with Crippen LogP contribution in [0.3, 0.4) is 0 Å². The van der Waals surface area contributed by atoms with Gasteiger partial charge in [-0.05, 0) is 36.4 Å². The number of nitrogens with zero attached hydrogens (tertiary/aromatic N) is 3. The van der Waals surface area contributed by atoms with Crippen LogP contribution in [-0.4, -0.2) is 42.6 Å². The van der Waals surface area contributed by atoms with Crippen molar-refractivity contribution in [2.24, 2.45) is 5.41 Å². The Kier molecular flexibility index (Phi) is 5.63. The third kappa shape index (κ3) is 5.31. The smallest absolute Gasteiger partial charge is 0.128 e. The van der Waals surface area contributed by atoms with Gasteiger partial charge in [0.15, 0.2) is 0 Å². The van der Waals surface area contributed by atoms with Crippen LogP contribution in [0.4, 0.5) is 5.82 Å². The van der Waals surface area contributed by atoms with Gasteiger partial charge < -0.3 is 4.90 Å². The van der Waals surface area contributed by atoms with Gasteiger partial charge in [-0.2, -0.15) is 0 Å². The molecule has 3 heteroatoms. The number of aromatic nitrogens is 1. The minimum atomic E-state index is 0.327. The van der Waals surface area contributed by atoms with Gasteiger partial charge in [-0.1, -0.05) is 40.2 Å². The van der Waals surface area contributed by atoms with Gasteiger partial charge in [0.25, 0.3) is 0 Å². The first-order chi connectivity index (χ1) is 9.98. The molecule has 1 saturated heterocycles. The average Bonchev–Trinajstić information content (AvgIpc) is 2.45. The number of hydrogen-bond acceptors (Lipinski definition) is 3. The molecule has 0 saturated carbocycles. The van der Waals surface area contributed by atoms with Gasteiger partial charge in [0.05, 0.1) is 0 Å². The van der Waals surface area contributed by atoms with Crippen LogP contribution >= 0.6 is 0 Å². The van der Waals surface area contributed by atoms with E-state index in [4.69, 9.17) is 0 Å². The molecule has 2 rings (SSSR count). The van der Waals surface area contributed by atoms with E-state index in [0.29, 0.717) is 5.41 Å². The summed E-state index contributed by atoms with van der Waals surface area (Å²) >= 11 is 0. The molecule has 0 N–H and O–H groups in total. The lowest BCUT2D eigenvalue weighted by molar-refractivity contribution is 0.253. The molecule has 0 spiro atoms. The Morgan fingerprint density at radius 3 is 2.33 bits per heavy atom. The highest BCUT2D eigenvalue weighted by Gasteiger charge is 2.18. The number of pyridine rings is 1. The summed E-state index contributed by atoms with van der Waals surface area (Å²) in [6.07, 6.45) is 5.76. The number of hydrogen-bond donors (Lipinski definition) is 0. The molecule has 0 bridgehead atoms. The van der Waals surface area contributed by atoms with Gasteiger partial charge >= 0.3 is 0 Å². The maximum atomic E-state index is 4.68. The largest absolute Gasteiger partial charge is 0.354 e. The van der Waals surface area contributed by atoms with E-state index in [1.807, 2.05) is 0 Å². The Hall–Kier alpha value is -1.09. The topological polar surface area (TPSA) is 19.4 Å². The van der Waals surface area contributed by atoms with Crippen LogP contribution in [0.15, 0.2) is 18.3 Å². The molecular weight excluding hydrogens is 258 g/mol. The first-order valence-corrected chi connectivity index (χ1v) is 8.40. The van der Waals surface area contributed by atoms with Crippen molar-refractivity contribution in [3.05, 3.63) is 23.9 Å². The number of rotatable bonds is 5. The maximum absolute atomic E-state index is 4.68. The van der Waals surface area contributed by atoms with Gasteiger partial charge in [-0.25, -0.2) is 4.98 Å². The Bertz CT molecular complexity index is 411. The van der Waals surface area contributed by atoms with Crippen molar-refractivity contribution in [1.29, 1.82) is 0 Å². The predicted octanol–water partition coefficient (Wildman–Crippen LogP) is 3.59. The van der Waals surface area contributed by atoms with Crippen molar-refractivity contribution >= 4 is 5.82 Å². The molecule has 0 aromatic carbocycles. The van der Waals surface area contributed by atoms with Crippen molar-refractivity contribution in [2.45, 2.75) is 47.0 Å². The zero-order valence-electron chi connectivity index (χ0n) is 14.2. The second kappa shape index (κ2) is 7.26. The number of anilines is 1. The molecule has 0 atom stereocenters. The molecule has 1 aliphatic rings. The molecule has 0 unspecified atom stereocenters. The molecule has 0 amide bonds. The summed E-state index contributed by atoms with van der Waals surface area (Å²) in [5, 5.41) is 0. The molecule has 21 heavy (non-hydrogen) atoms. The van der Waals surface area contributed by atoms with Crippen LogP contribution in [0, 0.1) is 5.41 Å². The maximum Gasteiger partial charge on any atom is 0.128 e. The molecule has 118 valence electrons. The standard InChI is InChI=1S/C18H31N3/c1-5-6-9-20-10-12-21(13-11-20)17-8-7-16(15-19-17)14-18(2,3)4/h7-8,15H,5-6,9-14H2,1-4H3. The summed E-state index contributed by atoms with van der Waals surface area (Å²) in [5.74, 6) is 1.14. The third-order valence-corrected chi connectivity index (χ3v) is 4.07. The highest BCUT2D eigenvalue weighted by molar-refractivity contribution is 5.40. The Morgan fingerprint density at radius 2 is 1.81 bits per heavy atom. The third-order valence-electron chi connectivity index (χ3n) is 4.07. The minimum Gasteiger partial charge on any atom is -0.354 e. The number of piperazine rings is 1. The highest BCUT2D eigenvalue weighted by atomic mass is 15.3. The predicted molar refractivity (Wildman–Crippen MR) is 91.0 cm³/mol. The zero-order chi connectivity index (χ0) is 15.3. The van der Waals surface area contributed by atoms with E-state index < -0.39 is 0 Å². The van der Waals surface area contributed by atoms with E-state index in [1.54, 1.807) is 0 Å². The molecule has 0 aliphatic carbocycles. The van der Waals surface area contributed by atoms with Crippen molar-refractivity contribution in [1.82, 2.24) is 9.88 Å². The van der Waals surface area contributed by atoms with Gasteiger partial charge in [0, 0.05) is 32.4 Å². The quantitative estimate of drug-likeness (QED) is 0.826. The number of unbranched alkanes of at least 4 members (excludes halogenated alkanes) is 1. The fourth-order valence-corrected chi connectivity index (χ4v) is 2.90. The highest BCUT2D eigenvalue weighted by Crippen LogP contribution is 2.21. The Morgan fingerprint density at radius 1 is 1.10 bits per heavy atom. The summed E-state index contributed by atoms with van der Waals surface area (Å²) in [6.45, 7) is 14.9. The van der Waals surface area contributed by atoms with Gasteiger partial charge in [0.2, 0.25) is 0 Å². The van der Waals surface area contributed by atoms with Gasteiger partial charge in [0.1, 0.15) is 5.82 Å². The van der Waals surface area contributed by atoms with Crippen molar-refractivity contribution in [2.75, 3.05) is 37.6 Å². The van der Waals surface area contributed by atoms with Crippen LogP contribution in [0.5, 0.6) is 0 Å². The van der Waals surface area contributed by atoms with Gasteiger partial charge in [-0.15, -0.1) is 0 Å². The van der Waals surface area contributed by atoms with Crippen molar-refractivity contribution < 1.29 is 0 Å². The summed E-state index contributed by atoms with van der Waals surface area (Å²) < 4.78 is 0. The SMILES string of the molecule is CCCCN1CCN(c2ccc(CC(C)(C)C)cn2)CC1. The monoisotopic (exact) mass is 289 g/mol. The zero-order valence-corrected chi connectivity index (χ0v) is 14.2. The van der Waals surface area contributed by atoms with Crippen molar-refractivity contribution in [3.8, 4) is 0 Å². The lowest BCUT2D eigenvalue weighted by Crippen LogP contribution is -2.46. The summed E-state index contributed by atoms with van der Waals surface area (Å²) in [4.78, 5) is 9.68. The molecule has 3 nitrogen and oxygen atoms in total.